The quantitative estimate of drug-likeness (QED) is 0.660. The van der Waals surface area contributed by atoms with Crippen LogP contribution >= 0.6 is 12.4 Å². The normalized spacial score (nSPS) is 17.0. The first-order chi connectivity index (χ1) is 9.73. The summed E-state index contributed by atoms with van der Waals surface area (Å²) in [6.45, 7) is 3.95. The number of rotatable bonds is 3. The van der Waals surface area contributed by atoms with Gasteiger partial charge in [0.1, 0.15) is 0 Å². The zero-order valence-electron chi connectivity index (χ0n) is 12.5. The van der Waals surface area contributed by atoms with E-state index in [1.807, 2.05) is 0 Å². The minimum Gasteiger partial charge on any atom is -0.328 e. The number of sulfonamides is 1. The maximum atomic E-state index is 12.7. The molecule has 0 atom stereocenters. The molecular formula is C13H20ClN3O4S. The third-order valence-electron chi connectivity index (χ3n) is 3.81. The fraction of sp³-hybridized carbons (Fsp3) is 0.538. The Hall–Kier alpha value is -1.22. The maximum absolute atomic E-state index is 12.7. The second kappa shape index (κ2) is 6.91. The van der Waals surface area contributed by atoms with Gasteiger partial charge in [0.2, 0.25) is 10.0 Å². The second-order valence-electron chi connectivity index (χ2n) is 5.40. The summed E-state index contributed by atoms with van der Waals surface area (Å²) in [4.78, 5) is 10.5. The molecule has 9 heteroatoms. The number of hydrogen-bond donors (Lipinski definition) is 1. The molecule has 0 bridgehead atoms. The molecule has 2 N–H and O–H groups in total. The molecule has 1 aromatic rings. The minimum atomic E-state index is -3.72. The first-order valence-corrected chi connectivity index (χ1v) is 8.19. The molecule has 0 radical (unpaired) electrons. The Morgan fingerprint density at radius 3 is 2.27 bits per heavy atom. The molecule has 1 saturated heterocycles. The van der Waals surface area contributed by atoms with Gasteiger partial charge in [0.05, 0.1) is 9.82 Å². The van der Waals surface area contributed by atoms with E-state index in [1.54, 1.807) is 19.9 Å². The topological polar surface area (TPSA) is 107 Å². The number of nitro benzene ring substituents is 1. The lowest BCUT2D eigenvalue weighted by Gasteiger charge is -2.29. The van der Waals surface area contributed by atoms with E-state index in [-0.39, 0.29) is 29.0 Å². The SMILES string of the molecule is Cc1cc(C)c(S(=O)(=O)N2CCC(N)CC2)cc1[N+](=O)[O-].Cl. The van der Waals surface area contributed by atoms with Gasteiger partial charge in [-0.2, -0.15) is 4.31 Å². The third-order valence-corrected chi connectivity index (χ3v) is 5.85. The van der Waals surface area contributed by atoms with Crippen LogP contribution in [-0.4, -0.2) is 36.8 Å². The molecule has 0 saturated carbocycles. The van der Waals surface area contributed by atoms with Gasteiger partial charge in [-0.15, -0.1) is 12.4 Å². The van der Waals surface area contributed by atoms with Gasteiger partial charge < -0.3 is 5.73 Å². The van der Waals surface area contributed by atoms with Crippen molar-refractivity contribution < 1.29 is 13.3 Å². The first kappa shape index (κ1) is 18.8. The molecule has 2 rings (SSSR count). The van der Waals surface area contributed by atoms with Gasteiger partial charge in [-0.1, -0.05) is 0 Å². The molecule has 0 spiro atoms. The summed E-state index contributed by atoms with van der Waals surface area (Å²) in [5.41, 5.74) is 6.59. The molecule has 7 nitrogen and oxygen atoms in total. The Morgan fingerprint density at radius 2 is 1.77 bits per heavy atom. The van der Waals surface area contributed by atoms with Crippen LogP contribution in [0, 0.1) is 24.0 Å². The van der Waals surface area contributed by atoms with Gasteiger partial charge in [-0.05, 0) is 38.3 Å². The van der Waals surface area contributed by atoms with E-state index in [0.717, 1.165) is 6.07 Å². The third kappa shape index (κ3) is 3.57. The summed E-state index contributed by atoms with van der Waals surface area (Å²) < 4.78 is 26.7. The maximum Gasteiger partial charge on any atom is 0.273 e. The van der Waals surface area contributed by atoms with E-state index in [9.17, 15) is 18.5 Å². The summed E-state index contributed by atoms with van der Waals surface area (Å²) in [5, 5.41) is 11.0. The number of nitro groups is 1. The Balaban J connectivity index is 0.00000242. The highest BCUT2D eigenvalue weighted by Crippen LogP contribution is 2.29. The van der Waals surface area contributed by atoms with Crippen LogP contribution in [0.1, 0.15) is 24.0 Å². The molecule has 0 aliphatic carbocycles. The average molecular weight is 350 g/mol. The highest BCUT2D eigenvalue weighted by atomic mass is 35.5. The molecule has 1 aliphatic rings. The van der Waals surface area contributed by atoms with Crippen LogP contribution in [0.4, 0.5) is 5.69 Å². The standard InChI is InChI=1S/C13H19N3O4S.ClH/c1-9-7-10(2)13(8-12(9)16(17)18)21(19,20)15-5-3-11(14)4-6-15;/h7-8,11H,3-6,14H2,1-2H3;1H. The van der Waals surface area contributed by atoms with E-state index in [4.69, 9.17) is 5.73 Å². The number of piperidine rings is 1. The van der Waals surface area contributed by atoms with Crippen molar-refractivity contribution in [2.75, 3.05) is 13.1 Å². The Kier molecular flexibility index (Phi) is 5.91. The molecule has 1 heterocycles. The summed E-state index contributed by atoms with van der Waals surface area (Å²) in [5.74, 6) is 0. The molecule has 124 valence electrons. The largest absolute Gasteiger partial charge is 0.328 e. The van der Waals surface area contributed by atoms with Crippen molar-refractivity contribution >= 4 is 28.1 Å². The van der Waals surface area contributed by atoms with Gasteiger partial charge in [0, 0.05) is 30.8 Å². The van der Waals surface area contributed by atoms with Crippen molar-refractivity contribution in [2.24, 2.45) is 5.73 Å². The fourth-order valence-corrected chi connectivity index (χ4v) is 4.25. The highest BCUT2D eigenvalue weighted by molar-refractivity contribution is 7.89. The second-order valence-corrected chi connectivity index (χ2v) is 7.31. The summed E-state index contributed by atoms with van der Waals surface area (Å²) in [6, 6.07) is 2.72. The zero-order chi connectivity index (χ0) is 15.8. The van der Waals surface area contributed by atoms with Crippen molar-refractivity contribution in [1.29, 1.82) is 0 Å². The molecule has 0 aromatic heterocycles. The van der Waals surface area contributed by atoms with E-state index < -0.39 is 14.9 Å². The van der Waals surface area contributed by atoms with Crippen molar-refractivity contribution in [3.8, 4) is 0 Å². The summed E-state index contributed by atoms with van der Waals surface area (Å²) in [6.07, 6.45) is 1.21. The molecule has 22 heavy (non-hydrogen) atoms. The Morgan fingerprint density at radius 1 is 1.23 bits per heavy atom. The van der Waals surface area contributed by atoms with Crippen LogP contribution < -0.4 is 5.73 Å². The average Bonchev–Trinajstić information content (AvgIpc) is 2.38. The molecule has 0 unspecified atom stereocenters. The molecule has 1 fully saturated rings. The van der Waals surface area contributed by atoms with Crippen LogP contribution in [0.15, 0.2) is 17.0 Å². The summed E-state index contributed by atoms with van der Waals surface area (Å²) in [7, 11) is -3.72. The highest BCUT2D eigenvalue weighted by Gasteiger charge is 2.31. The fourth-order valence-electron chi connectivity index (χ4n) is 2.55. The number of nitrogens with zero attached hydrogens (tertiary/aromatic N) is 2. The number of nitrogens with two attached hydrogens (primary N) is 1. The first-order valence-electron chi connectivity index (χ1n) is 6.75. The smallest absolute Gasteiger partial charge is 0.273 e. The van der Waals surface area contributed by atoms with Crippen molar-refractivity contribution in [1.82, 2.24) is 4.31 Å². The van der Waals surface area contributed by atoms with Gasteiger partial charge in [-0.25, -0.2) is 8.42 Å². The number of halogens is 1. The van der Waals surface area contributed by atoms with Crippen molar-refractivity contribution in [2.45, 2.75) is 37.6 Å². The molecule has 1 aromatic carbocycles. The summed E-state index contributed by atoms with van der Waals surface area (Å²) >= 11 is 0. The lowest BCUT2D eigenvalue weighted by Crippen LogP contribution is -2.42. The molecular weight excluding hydrogens is 330 g/mol. The lowest BCUT2D eigenvalue weighted by molar-refractivity contribution is -0.385. The van der Waals surface area contributed by atoms with Gasteiger partial charge >= 0.3 is 0 Å². The van der Waals surface area contributed by atoms with Crippen LogP contribution in [0.2, 0.25) is 0 Å². The number of hydrogen-bond acceptors (Lipinski definition) is 5. The van der Waals surface area contributed by atoms with Crippen molar-refractivity contribution in [3.05, 3.63) is 33.4 Å². The molecule has 0 amide bonds. The van der Waals surface area contributed by atoms with Gasteiger partial charge in [-0.3, -0.25) is 10.1 Å². The van der Waals surface area contributed by atoms with E-state index in [1.165, 1.54) is 4.31 Å². The predicted molar refractivity (Wildman–Crippen MR) is 85.8 cm³/mol. The van der Waals surface area contributed by atoms with E-state index in [0.29, 0.717) is 37.1 Å². The van der Waals surface area contributed by atoms with Crippen LogP contribution in [0.25, 0.3) is 0 Å². The van der Waals surface area contributed by atoms with Crippen LogP contribution in [0.3, 0.4) is 0 Å². The van der Waals surface area contributed by atoms with Crippen molar-refractivity contribution in [3.63, 3.8) is 0 Å². The predicted octanol–water partition coefficient (Wildman–Crippen LogP) is 1.75. The lowest BCUT2D eigenvalue weighted by atomic mass is 10.1. The zero-order valence-corrected chi connectivity index (χ0v) is 14.1. The Labute approximate surface area is 136 Å². The minimum absolute atomic E-state index is 0. The van der Waals surface area contributed by atoms with E-state index in [2.05, 4.69) is 0 Å². The van der Waals surface area contributed by atoms with Crippen LogP contribution in [0.5, 0.6) is 0 Å². The van der Waals surface area contributed by atoms with Gasteiger partial charge in [0.15, 0.2) is 0 Å². The monoisotopic (exact) mass is 349 g/mol. The van der Waals surface area contributed by atoms with Crippen LogP contribution in [-0.2, 0) is 10.0 Å². The Bertz CT molecular complexity index is 670. The molecule has 1 aliphatic heterocycles. The number of aryl methyl sites for hydroxylation is 2. The van der Waals surface area contributed by atoms with Gasteiger partial charge in [0.25, 0.3) is 5.69 Å². The van der Waals surface area contributed by atoms with E-state index >= 15 is 0 Å². The number of benzene rings is 1.